The second-order valence-electron chi connectivity index (χ2n) is 19.3. The first kappa shape index (κ1) is 36.1. The van der Waals surface area contributed by atoms with Gasteiger partial charge in [0.25, 0.3) is 0 Å². The van der Waals surface area contributed by atoms with Gasteiger partial charge in [-0.2, -0.15) is 0 Å². The highest BCUT2D eigenvalue weighted by molar-refractivity contribution is 6.73. The summed E-state index contributed by atoms with van der Waals surface area (Å²) in [4.78, 5) is 0. The minimum absolute atomic E-state index is 0.0857. The summed E-state index contributed by atoms with van der Waals surface area (Å²) in [7, 11) is 2.36. The lowest BCUT2D eigenvalue weighted by Gasteiger charge is -2.41. The van der Waals surface area contributed by atoms with Gasteiger partial charge < -0.3 is 14.3 Å². The zero-order valence-corrected chi connectivity index (χ0v) is 35.0. The molecule has 1 aliphatic carbocycles. The molecule has 0 amide bonds. The quantitative estimate of drug-likeness (QED) is 0.130. The fourth-order valence-corrected chi connectivity index (χ4v) is 10.1. The second-order valence-corrected chi connectivity index (χ2v) is 19.3. The number of rotatable bonds is 7. The van der Waals surface area contributed by atoms with E-state index in [1.165, 1.54) is 109 Å². The highest BCUT2D eigenvalue weighted by atomic mass is 16.3. The zero-order valence-electron chi connectivity index (χ0n) is 35.0. The minimum Gasteiger partial charge on any atom is -0.469 e. The molecular weight excluding hydrogens is 691 g/mol. The van der Waals surface area contributed by atoms with Gasteiger partial charge in [-0.1, -0.05) is 135 Å². The Morgan fingerprint density at radius 3 is 2.21 bits per heavy atom. The van der Waals surface area contributed by atoms with E-state index in [9.17, 15) is 0 Å². The molecule has 0 spiro atoms. The number of aromatic nitrogens is 1. The number of nitrogens with zero attached hydrogens (tertiary/aromatic N) is 1. The summed E-state index contributed by atoms with van der Waals surface area (Å²) in [6.45, 7) is 19.0. The van der Waals surface area contributed by atoms with E-state index in [0.717, 1.165) is 34.7 Å². The van der Waals surface area contributed by atoms with Crippen LogP contribution in [-0.4, -0.2) is 11.8 Å². The van der Waals surface area contributed by atoms with Gasteiger partial charge in [0.1, 0.15) is 5.58 Å². The van der Waals surface area contributed by atoms with E-state index in [4.69, 9.17) is 4.42 Å². The SMILES string of the molecule is CCCCCc1ccc(Nc2ccccc2-c2cc(C(C)(C)C)c3c4c5ccccc5ccc4n4c3c2[B]c2oc3cc5c(cc3c2-4)C(C)(C)CCC5(C)C)cc1. The van der Waals surface area contributed by atoms with Gasteiger partial charge in [-0.05, 0) is 122 Å². The van der Waals surface area contributed by atoms with Crippen LogP contribution in [-0.2, 0) is 22.7 Å². The summed E-state index contributed by atoms with van der Waals surface area (Å²) in [5, 5.41) is 10.3. The average molecular weight is 746 g/mol. The lowest BCUT2D eigenvalue weighted by Crippen LogP contribution is -2.36. The molecule has 10 rings (SSSR count). The van der Waals surface area contributed by atoms with Gasteiger partial charge >= 0.3 is 0 Å². The lowest BCUT2D eigenvalue weighted by molar-refractivity contribution is 0.332. The standard InChI is InChI=1S/C53H54BN2O/c1-9-10-11-16-32-21-24-34(25-22-32)55-42-20-15-14-19-36(42)37-29-41(51(2,3)4)46-45-35-18-13-12-17-33(35)23-26-43(45)56-48-38-30-39-40(53(7,8)28-27-52(39,5)6)31-44(38)57-50(48)54-47(37)49(46)56/h12-15,17-26,29-31,55H,9-11,16,27-28H2,1-8H3. The molecule has 1 radical (unpaired) electrons. The van der Waals surface area contributed by atoms with Crippen molar-refractivity contribution in [1.82, 2.24) is 4.57 Å². The first-order chi connectivity index (χ1) is 27.3. The molecule has 8 aromatic rings. The van der Waals surface area contributed by atoms with Crippen molar-refractivity contribution in [2.24, 2.45) is 0 Å². The molecule has 0 fully saturated rings. The van der Waals surface area contributed by atoms with E-state index in [-0.39, 0.29) is 16.2 Å². The number of nitrogens with one attached hydrogen (secondary N) is 1. The summed E-state index contributed by atoms with van der Waals surface area (Å²) in [5.41, 5.74) is 17.0. The number of anilines is 2. The normalized spacial score (nSPS) is 15.6. The fraction of sp³-hybridized carbons (Fsp3) is 0.321. The van der Waals surface area contributed by atoms with Crippen LogP contribution in [0, 0.1) is 0 Å². The number of fused-ring (bicyclic) bond motifs is 10. The summed E-state index contributed by atoms with van der Waals surface area (Å²) in [5.74, 6) is 0. The van der Waals surface area contributed by atoms with E-state index in [1.807, 2.05) is 0 Å². The van der Waals surface area contributed by atoms with Gasteiger partial charge in [0.2, 0.25) is 7.28 Å². The van der Waals surface area contributed by atoms with Crippen molar-refractivity contribution in [3.05, 3.63) is 125 Å². The third-order valence-corrected chi connectivity index (χ3v) is 13.4. The zero-order chi connectivity index (χ0) is 39.4. The molecule has 1 aliphatic heterocycles. The number of hydrogen-bond donors (Lipinski definition) is 1. The van der Waals surface area contributed by atoms with Crippen molar-refractivity contribution < 1.29 is 4.42 Å². The maximum Gasteiger partial charge on any atom is 0.247 e. The molecule has 2 aromatic heterocycles. The Kier molecular flexibility index (Phi) is 8.18. The molecule has 2 aliphatic rings. The highest BCUT2D eigenvalue weighted by Crippen LogP contribution is 2.50. The molecule has 285 valence electrons. The molecule has 6 aromatic carbocycles. The van der Waals surface area contributed by atoms with Gasteiger partial charge in [-0.15, -0.1) is 0 Å². The first-order valence-corrected chi connectivity index (χ1v) is 21.3. The molecule has 0 saturated carbocycles. The number of unbranched alkanes of at least 4 members (excludes halogenated alkanes) is 2. The Morgan fingerprint density at radius 2 is 1.46 bits per heavy atom. The predicted molar refractivity (Wildman–Crippen MR) is 245 cm³/mol. The van der Waals surface area contributed by atoms with E-state index in [1.54, 1.807) is 0 Å². The molecule has 0 bridgehead atoms. The Bertz CT molecular complexity index is 2900. The van der Waals surface area contributed by atoms with Crippen LogP contribution < -0.4 is 16.4 Å². The molecule has 3 nitrogen and oxygen atoms in total. The topological polar surface area (TPSA) is 30.1 Å². The number of aryl methyl sites for hydroxylation is 1. The third kappa shape index (κ3) is 5.69. The Balaban J connectivity index is 1.26. The third-order valence-electron chi connectivity index (χ3n) is 13.4. The summed E-state index contributed by atoms with van der Waals surface area (Å²) < 4.78 is 9.66. The van der Waals surface area contributed by atoms with E-state index >= 15 is 0 Å². The molecule has 57 heavy (non-hydrogen) atoms. The fourth-order valence-electron chi connectivity index (χ4n) is 10.1. The van der Waals surface area contributed by atoms with Crippen LogP contribution in [0.15, 0.2) is 108 Å². The lowest BCUT2D eigenvalue weighted by atomic mass is 9.61. The van der Waals surface area contributed by atoms with Gasteiger partial charge in [-0.25, -0.2) is 0 Å². The van der Waals surface area contributed by atoms with E-state index in [2.05, 4.69) is 176 Å². The second kappa shape index (κ2) is 12.9. The van der Waals surface area contributed by atoms with Crippen molar-refractivity contribution in [2.45, 2.75) is 110 Å². The summed E-state index contributed by atoms with van der Waals surface area (Å²) in [6.07, 6.45) is 7.22. The van der Waals surface area contributed by atoms with Crippen LogP contribution in [0.1, 0.15) is 110 Å². The van der Waals surface area contributed by atoms with Crippen LogP contribution in [0.2, 0.25) is 0 Å². The van der Waals surface area contributed by atoms with Crippen LogP contribution in [0.4, 0.5) is 11.4 Å². The number of hydrogen-bond acceptors (Lipinski definition) is 2. The molecule has 0 unspecified atom stereocenters. The van der Waals surface area contributed by atoms with Crippen molar-refractivity contribution in [2.75, 3.05) is 5.32 Å². The molecule has 1 N–H and O–H groups in total. The van der Waals surface area contributed by atoms with Crippen molar-refractivity contribution >= 4 is 73.3 Å². The first-order valence-electron chi connectivity index (χ1n) is 21.3. The predicted octanol–water partition coefficient (Wildman–Crippen LogP) is 13.4. The monoisotopic (exact) mass is 745 g/mol. The number of benzene rings is 6. The van der Waals surface area contributed by atoms with Gasteiger partial charge in [0, 0.05) is 38.6 Å². The molecule has 0 saturated heterocycles. The summed E-state index contributed by atoms with van der Waals surface area (Å²) >= 11 is 0. The molecule has 3 heterocycles. The smallest absolute Gasteiger partial charge is 0.247 e. The molecular formula is C53H54BN2O. The largest absolute Gasteiger partial charge is 0.469 e. The van der Waals surface area contributed by atoms with Gasteiger partial charge in [0.15, 0.2) is 0 Å². The van der Waals surface area contributed by atoms with Crippen molar-refractivity contribution in [3.8, 4) is 16.8 Å². The summed E-state index contributed by atoms with van der Waals surface area (Å²) in [6, 6.07) is 38.8. The van der Waals surface area contributed by atoms with Crippen LogP contribution >= 0.6 is 0 Å². The Labute approximate surface area is 338 Å². The number of furan rings is 1. The average Bonchev–Trinajstić information content (AvgIpc) is 3.73. The minimum atomic E-state index is -0.132. The van der Waals surface area contributed by atoms with Gasteiger partial charge in [-0.3, -0.25) is 0 Å². The van der Waals surface area contributed by atoms with Crippen LogP contribution in [0.5, 0.6) is 0 Å². The van der Waals surface area contributed by atoms with Gasteiger partial charge in [0.05, 0.1) is 16.9 Å². The Morgan fingerprint density at radius 1 is 0.737 bits per heavy atom. The maximum atomic E-state index is 7.08. The van der Waals surface area contributed by atoms with Crippen LogP contribution in [0.25, 0.3) is 60.4 Å². The van der Waals surface area contributed by atoms with E-state index in [0.29, 0.717) is 0 Å². The van der Waals surface area contributed by atoms with Crippen molar-refractivity contribution in [3.63, 3.8) is 0 Å². The van der Waals surface area contributed by atoms with E-state index < -0.39 is 0 Å². The maximum absolute atomic E-state index is 7.08. The molecule has 0 atom stereocenters. The highest BCUT2D eigenvalue weighted by Gasteiger charge is 2.40. The van der Waals surface area contributed by atoms with Crippen molar-refractivity contribution in [1.29, 1.82) is 0 Å². The van der Waals surface area contributed by atoms with Crippen LogP contribution in [0.3, 0.4) is 0 Å². The number of para-hydroxylation sites is 1. The molecule has 4 heteroatoms. The Hall–Kier alpha value is -5.22.